The third-order valence-electron chi connectivity index (χ3n) is 12.7. The molecule has 0 spiro atoms. The molecule has 5 fully saturated rings. The summed E-state index contributed by atoms with van der Waals surface area (Å²) in [4.78, 5) is 40.0. The normalized spacial score (nSPS) is 46.7. The number of rotatable bonds is 7. The minimum absolute atomic E-state index is 0.0287. The van der Waals surface area contributed by atoms with Gasteiger partial charge in [-0.2, -0.15) is 0 Å². The van der Waals surface area contributed by atoms with Crippen LogP contribution in [0.5, 0.6) is 0 Å². The van der Waals surface area contributed by atoms with Crippen LogP contribution in [0.4, 0.5) is 0 Å². The van der Waals surface area contributed by atoms with Gasteiger partial charge in [0.25, 0.3) is 0 Å². The molecule has 4 aliphatic carbocycles. The lowest BCUT2D eigenvalue weighted by atomic mass is 9.44. The first-order chi connectivity index (χ1) is 20.4. The van der Waals surface area contributed by atoms with E-state index < -0.39 is 29.1 Å². The average molecular weight is 619 g/mol. The van der Waals surface area contributed by atoms with Crippen molar-refractivity contribution in [1.29, 1.82) is 0 Å². The Morgan fingerprint density at radius 2 is 1.91 bits per heavy atom. The van der Waals surface area contributed by atoms with Crippen molar-refractivity contribution < 1.29 is 29.3 Å². The van der Waals surface area contributed by atoms with Crippen molar-refractivity contribution in [1.82, 2.24) is 10.6 Å². The number of esters is 1. The van der Waals surface area contributed by atoms with Gasteiger partial charge in [0.1, 0.15) is 11.9 Å². The lowest BCUT2D eigenvalue weighted by Crippen LogP contribution is -2.63. The lowest BCUT2D eigenvalue weighted by Gasteiger charge is -2.61. The number of hydrogen-bond donors (Lipinski definition) is 4. The van der Waals surface area contributed by atoms with Crippen molar-refractivity contribution in [3.8, 4) is 0 Å². The number of Topliss-reactive ketones (excluding diaryl/α,β-unsaturated/α-hetero) is 1. The van der Waals surface area contributed by atoms with Crippen LogP contribution < -0.4 is 10.6 Å². The molecule has 8 nitrogen and oxygen atoms in total. The van der Waals surface area contributed by atoms with Crippen LogP contribution in [0.2, 0.25) is 0 Å². The monoisotopic (exact) mass is 618 g/mol. The molecule has 5 rings (SSSR count). The Morgan fingerprint density at radius 3 is 2.60 bits per heavy atom. The summed E-state index contributed by atoms with van der Waals surface area (Å²) in [7, 11) is 0. The molecule has 1 aliphatic heterocycles. The van der Waals surface area contributed by atoms with Gasteiger partial charge in [0, 0.05) is 34.5 Å². The number of ketones is 1. The minimum atomic E-state index is -0.694. The highest BCUT2D eigenvalue weighted by Crippen LogP contribution is 2.68. The van der Waals surface area contributed by atoms with Gasteiger partial charge in [0.2, 0.25) is 5.91 Å². The second-order valence-electron chi connectivity index (χ2n) is 15.0. The molecule has 0 aromatic rings. The van der Waals surface area contributed by atoms with E-state index in [2.05, 4.69) is 38.0 Å². The van der Waals surface area contributed by atoms with E-state index >= 15 is 0 Å². The molecule has 4 saturated carbocycles. The minimum Gasteiger partial charge on any atom is -0.461 e. The van der Waals surface area contributed by atoms with Crippen molar-refractivity contribution >= 4 is 29.4 Å². The number of nitrogens with one attached hydrogen (secondary N) is 2. The van der Waals surface area contributed by atoms with Crippen LogP contribution in [-0.2, 0) is 19.1 Å². The third-order valence-corrected chi connectivity index (χ3v) is 14.1. The van der Waals surface area contributed by atoms with Crippen LogP contribution in [0.3, 0.4) is 0 Å². The Bertz CT molecular complexity index is 1080. The molecule has 43 heavy (non-hydrogen) atoms. The van der Waals surface area contributed by atoms with Gasteiger partial charge in [-0.15, -0.1) is 18.3 Å². The fourth-order valence-corrected chi connectivity index (χ4v) is 10.8. The van der Waals surface area contributed by atoms with Gasteiger partial charge >= 0.3 is 5.97 Å². The van der Waals surface area contributed by atoms with Gasteiger partial charge in [0.15, 0.2) is 0 Å². The Balaban J connectivity index is 1.29. The van der Waals surface area contributed by atoms with Crippen molar-refractivity contribution in [2.24, 2.45) is 34.0 Å². The van der Waals surface area contributed by atoms with Gasteiger partial charge < -0.3 is 25.6 Å². The molecule has 2 bridgehead atoms. The molecule has 0 radical (unpaired) electrons. The second-order valence-corrected chi connectivity index (χ2v) is 16.2. The van der Waals surface area contributed by atoms with E-state index in [1.165, 1.54) is 11.8 Å². The summed E-state index contributed by atoms with van der Waals surface area (Å²) in [5.74, 6) is -0.143. The molecule has 9 heteroatoms. The number of aliphatic hydroxyl groups excluding tert-OH is 2. The fraction of sp³-hybridized carbons (Fsp3) is 0.853. The Kier molecular flexibility index (Phi) is 9.78. The predicted molar refractivity (Wildman–Crippen MR) is 168 cm³/mol. The summed E-state index contributed by atoms with van der Waals surface area (Å²) in [5.41, 5.74) is -1.52. The van der Waals surface area contributed by atoms with Gasteiger partial charge in [-0.1, -0.05) is 40.2 Å². The zero-order valence-corrected chi connectivity index (χ0v) is 27.4. The van der Waals surface area contributed by atoms with E-state index in [0.717, 1.165) is 51.5 Å². The fourth-order valence-electron chi connectivity index (χ4n) is 9.67. The molecule has 2 unspecified atom stereocenters. The van der Waals surface area contributed by atoms with Gasteiger partial charge in [-0.3, -0.25) is 14.4 Å². The van der Waals surface area contributed by atoms with Crippen molar-refractivity contribution in [2.75, 3.05) is 12.3 Å². The zero-order valence-electron chi connectivity index (χ0n) is 26.6. The number of ether oxygens (including phenoxy) is 1. The van der Waals surface area contributed by atoms with Crippen LogP contribution in [0.1, 0.15) is 98.3 Å². The van der Waals surface area contributed by atoms with Gasteiger partial charge in [0.05, 0.1) is 24.0 Å². The quantitative estimate of drug-likeness (QED) is 0.248. The molecule has 4 N–H and O–H groups in total. The number of aliphatic hydroxyl groups is 2. The average Bonchev–Trinajstić information content (AvgIpc) is 3.36. The van der Waals surface area contributed by atoms with E-state index in [0.29, 0.717) is 25.7 Å². The van der Waals surface area contributed by atoms with E-state index in [1.54, 1.807) is 0 Å². The second kappa shape index (κ2) is 12.8. The summed E-state index contributed by atoms with van der Waals surface area (Å²) in [6.45, 7) is 13.4. The highest BCUT2D eigenvalue weighted by atomic mass is 32.2. The molecule has 0 aromatic heterocycles. The first-order valence-electron chi connectivity index (χ1n) is 16.7. The van der Waals surface area contributed by atoms with Gasteiger partial charge in [-0.25, -0.2) is 0 Å². The molecular weight excluding hydrogens is 564 g/mol. The summed E-state index contributed by atoms with van der Waals surface area (Å²) in [6, 6.07) is -0.179. The van der Waals surface area contributed by atoms with Gasteiger partial charge in [-0.05, 0) is 81.6 Å². The maximum absolute atomic E-state index is 13.6. The first-order valence-corrected chi connectivity index (χ1v) is 17.8. The van der Waals surface area contributed by atoms with Crippen LogP contribution in [0.15, 0.2) is 12.7 Å². The van der Waals surface area contributed by atoms with Crippen molar-refractivity contribution in [3.05, 3.63) is 12.7 Å². The standard InChI is InChI=1S/C34H54N2O6S/c1-6-32(4)18-27(33(5)20(2)12-14-34(21(3)30(32)40)15-13-25(38)29(33)34)42-28(39)19-43-26-17-22(10-11-24(26)37)36-31(41)23-9-7-8-16-35-23/h6,20-24,26-27,29-30,35,37,40H,1,7-19H2,2-5H3,(H,36,41)/t20?,21-,22+,23+,24+,26-,27+,29-,30-,32+,33-,34?/m0/s1. The van der Waals surface area contributed by atoms with E-state index in [-0.39, 0.29) is 63.9 Å². The van der Waals surface area contributed by atoms with Crippen LogP contribution in [-0.4, -0.2) is 75.8 Å². The first kappa shape index (κ1) is 33.0. The highest BCUT2D eigenvalue weighted by Gasteiger charge is 2.68. The topological polar surface area (TPSA) is 125 Å². The largest absolute Gasteiger partial charge is 0.461 e. The number of amides is 1. The lowest BCUT2D eigenvalue weighted by molar-refractivity contribution is -0.205. The Morgan fingerprint density at radius 1 is 1.14 bits per heavy atom. The summed E-state index contributed by atoms with van der Waals surface area (Å²) in [6.07, 6.45) is 8.45. The molecular formula is C34H54N2O6S. The number of piperidine rings is 1. The maximum atomic E-state index is 13.6. The number of carbonyl (C=O) groups is 3. The molecule has 5 aliphatic rings. The predicted octanol–water partition coefficient (Wildman–Crippen LogP) is 4.17. The van der Waals surface area contributed by atoms with Crippen LogP contribution >= 0.6 is 11.8 Å². The van der Waals surface area contributed by atoms with Crippen LogP contribution in [0.25, 0.3) is 0 Å². The molecule has 1 saturated heterocycles. The molecule has 1 amide bonds. The van der Waals surface area contributed by atoms with Crippen molar-refractivity contribution in [3.63, 3.8) is 0 Å². The Hall–Kier alpha value is -1.42. The summed E-state index contributed by atoms with van der Waals surface area (Å²) >= 11 is 1.40. The highest BCUT2D eigenvalue weighted by molar-refractivity contribution is 8.00. The summed E-state index contributed by atoms with van der Waals surface area (Å²) < 4.78 is 6.39. The number of carbonyl (C=O) groups excluding carboxylic acids is 3. The smallest absolute Gasteiger partial charge is 0.316 e. The maximum Gasteiger partial charge on any atom is 0.316 e. The SMILES string of the molecule is C=C[C@]1(C)C[C@@H](OC(=O)CS[C@H]2C[C@H](NC(=O)[C@H]3CCCCN3)CC[C@H]2O)[C@]2(C)C(C)CCC3(CCC(=O)[C@H]32)[C@@H](C)[C@@H]1O. The third kappa shape index (κ3) is 5.97. The summed E-state index contributed by atoms with van der Waals surface area (Å²) in [5, 5.41) is 28.8. The zero-order chi connectivity index (χ0) is 31.2. The molecule has 12 atom stereocenters. The van der Waals surface area contributed by atoms with Crippen LogP contribution in [0, 0.1) is 34.0 Å². The molecule has 242 valence electrons. The van der Waals surface area contributed by atoms with E-state index in [1.807, 2.05) is 13.0 Å². The van der Waals surface area contributed by atoms with E-state index in [9.17, 15) is 24.6 Å². The molecule has 1 heterocycles. The number of thioether (sulfide) groups is 1. The number of hydrogen-bond acceptors (Lipinski definition) is 8. The molecule has 0 aromatic carbocycles. The Labute approximate surface area is 261 Å². The van der Waals surface area contributed by atoms with Crippen molar-refractivity contribution in [2.45, 2.75) is 134 Å². The van der Waals surface area contributed by atoms with E-state index in [4.69, 9.17) is 4.74 Å².